The van der Waals surface area contributed by atoms with Crippen LogP contribution in [0.3, 0.4) is 0 Å². The average molecular weight is 330 g/mol. The van der Waals surface area contributed by atoms with Crippen molar-refractivity contribution in [2.75, 3.05) is 6.54 Å². The number of hydrogen-bond acceptors (Lipinski definition) is 4. The molecule has 0 radical (unpaired) electrons. The second kappa shape index (κ2) is 8.86. The van der Waals surface area contributed by atoms with Crippen molar-refractivity contribution in [3.05, 3.63) is 47.5 Å². The number of hydrogen-bond donors (Lipinski definition) is 3. The van der Waals surface area contributed by atoms with Crippen molar-refractivity contribution in [3.63, 3.8) is 0 Å². The Labute approximate surface area is 140 Å². The first-order valence-electron chi connectivity index (χ1n) is 7.99. The molecule has 2 atom stereocenters. The second-order valence-electron chi connectivity index (χ2n) is 5.98. The molecule has 0 aromatic heterocycles. The number of aliphatic carboxylic acids is 2. The van der Waals surface area contributed by atoms with Crippen molar-refractivity contribution in [1.82, 2.24) is 5.32 Å². The van der Waals surface area contributed by atoms with Crippen LogP contribution in [-0.4, -0.2) is 41.1 Å². The first-order chi connectivity index (χ1) is 11.5. The van der Waals surface area contributed by atoms with Gasteiger partial charge in [0.15, 0.2) is 0 Å². The zero-order valence-corrected chi connectivity index (χ0v) is 13.4. The summed E-state index contributed by atoms with van der Waals surface area (Å²) in [5.74, 6) is -1.67. The molecule has 3 rings (SSSR count). The lowest BCUT2D eigenvalue weighted by atomic mass is 9.81. The number of carboxylic acids is 2. The molecule has 6 nitrogen and oxygen atoms in total. The molecule has 1 aromatic rings. The van der Waals surface area contributed by atoms with Crippen molar-refractivity contribution >= 4 is 18.3 Å². The van der Waals surface area contributed by atoms with Gasteiger partial charge in [0.1, 0.15) is 0 Å². The van der Waals surface area contributed by atoms with Crippen LogP contribution in [0.15, 0.2) is 41.4 Å². The largest absolute Gasteiger partial charge is 0.478 e. The Bertz CT molecular complexity index is 616. The molecule has 0 fully saturated rings. The standard InChI is InChI=1S/C14H18N2.C4H4O4/c1-2-4-13-7-11(5-6-12(13)3-1)8-14-9-15-10-16-14;5-3(6)1-2-4(7)8/h1-4,10-11,14H,5-9H2,(H,15,16);1-2H,(H,5,6)(H,7,8)/b;2-1+. The molecule has 2 unspecified atom stereocenters. The van der Waals surface area contributed by atoms with Crippen molar-refractivity contribution in [2.45, 2.75) is 31.7 Å². The van der Waals surface area contributed by atoms with Crippen LogP contribution < -0.4 is 5.32 Å². The van der Waals surface area contributed by atoms with E-state index in [0.29, 0.717) is 18.2 Å². The summed E-state index contributed by atoms with van der Waals surface area (Å²) >= 11 is 0. The summed E-state index contributed by atoms with van der Waals surface area (Å²) < 4.78 is 0. The van der Waals surface area contributed by atoms with Crippen LogP contribution >= 0.6 is 0 Å². The number of carbonyl (C=O) groups is 2. The third kappa shape index (κ3) is 5.87. The van der Waals surface area contributed by atoms with Gasteiger partial charge in [-0.05, 0) is 42.7 Å². The summed E-state index contributed by atoms with van der Waals surface area (Å²) in [4.78, 5) is 23.3. The fraction of sp³-hybridized carbons (Fsp3) is 0.389. The number of benzene rings is 1. The van der Waals surface area contributed by atoms with Crippen molar-refractivity contribution in [2.24, 2.45) is 10.9 Å². The van der Waals surface area contributed by atoms with E-state index in [9.17, 15) is 9.59 Å². The SMILES string of the molecule is C1=NCC(CC2CCc3ccccc3C2)N1.O=C(O)/C=C/C(=O)O. The Hall–Kier alpha value is -2.63. The van der Waals surface area contributed by atoms with E-state index >= 15 is 0 Å². The van der Waals surface area contributed by atoms with Gasteiger partial charge >= 0.3 is 11.9 Å². The summed E-state index contributed by atoms with van der Waals surface area (Å²) in [7, 11) is 0. The van der Waals surface area contributed by atoms with Crippen LogP contribution in [0.4, 0.5) is 0 Å². The maximum Gasteiger partial charge on any atom is 0.328 e. The van der Waals surface area contributed by atoms with Gasteiger partial charge in [0.05, 0.1) is 12.9 Å². The Balaban J connectivity index is 0.000000224. The molecule has 128 valence electrons. The van der Waals surface area contributed by atoms with E-state index in [2.05, 4.69) is 34.6 Å². The topological polar surface area (TPSA) is 99.0 Å². The number of carboxylic acid groups (broad SMARTS) is 2. The van der Waals surface area contributed by atoms with Gasteiger partial charge in [0.25, 0.3) is 0 Å². The second-order valence-corrected chi connectivity index (χ2v) is 5.98. The summed E-state index contributed by atoms with van der Waals surface area (Å²) in [6.07, 6.45) is 8.11. The third-order valence-electron chi connectivity index (χ3n) is 4.16. The van der Waals surface area contributed by atoms with Crippen LogP contribution in [0.25, 0.3) is 0 Å². The van der Waals surface area contributed by atoms with Crippen molar-refractivity contribution in [1.29, 1.82) is 0 Å². The van der Waals surface area contributed by atoms with Crippen LogP contribution in [-0.2, 0) is 22.4 Å². The quantitative estimate of drug-likeness (QED) is 0.732. The minimum Gasteiger partial charge on any atom is -0.478 e. The van der Waals surface area contributed by atoms with Gasteiger partial charge in [0, 0.05) is 18.2 Å². The minimum atomic E-state index is -1.26. The maximum atomic E-state index is 9.55. The zero-order chi connectivity index (χ0) is 17.4. The fourth-order valence-corrected chi connectivity index (χ4v) is 3.05. The van der Waals surface area contributed by atoms with Gasteiger partial charge in [-0.2, -0.15) is 0 Å². The van der Waals surface area contributed by atoms with Crippen LogP contribution in [0, 0.1) is 5.92 Å². The highest BCUT2D eigenvalue weighted by Crippen LogP contribution is 2.28. The Morgan fingerprint density at radius 1 is 1.17 bits per heavy atom. The lowest BCUT2D eigenvalue weighted by Crippen LogP contribution is -2.29. The Morgan fingerprint density at radius 3 is 2.42 bits per heavy atom. The van der Waals surface area contributed by atoms with E-state index in [-0.39, 0.29) is 0 Å². The van der Waals surface area contributed by atoms with Gasteiger partial charge in [-0.3, -0.25) is 4.99 Å². The van der Waals surface area contributed by atoms with E-state index < -0.39 is 11.9 Å². The molecule has 0 saturated heterocycles. The molecular weight excluding hydrogens is 308 g/mol. The summed E-state index contributed by atoms with van der Waals surface area (Å²) in [5, 5.41) is 19.0. The summed E-state index contributed by atoms with van der Waals surface area (Å²) in [5.41, 5.74) is 3.13. The minimum absolute atomic E-state index is 0.558. The highest BCUT2D eigenvalue weighted by atomic mass is 16.4. The molecule has 6 heteroatoms. The Morgan fingerprint density at radius 2 is 1.83 bits per heavy atom. The summed E-state index contributed by atoms with van der Waals surface area (Å²) in [6.45, 7) is 0.970. The molecular formula is C18H22N2O4. The molecule has 1 aliphatic heterocycles. The van der Waals surface area contributed by atoms with Gasteiger partial charge in [-0.15, -0.1) is 0 Å². The summed E-state index contributed by atoms with van der Waals surface area (Å²) in [6, 6.07) is 9.49. The van der Waals surface area contributed by atoms with E-state index in [1.807, 2.05) is 6.34 Å². The number of nitrogens with zero attached hydrogens (tertiary/aromatic N) is 1. The first-order valence-corrected chi connectivity index (χ1v) is 7.99. The van der Waals surface area contributed by atoms with E-state index in [1.54, 1.807) is 11.1 Å². The highest BCUT2D eigenvalue weighted by Gasteiger charge is 2.22. The highest BCUT2D eigenvalue weighted by molar-refractivity contribution is 5.89. The lowest BCUT2D eigenvalue weighted by Gasteiger charge is -2.26. The number of aliphatic imine (C=N–C) groups is 1. The van der Waals surface area contributed by atoms with Crippen molar-refractivity contribution in [3.8, 4) is 0 Å². The number of rotatable bonds is 4. The molecule has 1 aromatic carbocycles. The molecule has 2 aliphatic rings. The van der Waals surface area contributed by atoms with Gasteiger partial charge in [-0.25, -0.2) is 9.59 Å². The number of aryl methyl sites for hydroxylation is 1. The first kappa shape index (κ1) is 17.7. The van der Waals surface area contributed by atoms with E-state index in [1.165, 1.54) is 25.7 Å². The lowest BCUT2D eigenvalue weighted by molar-refractivity contribution is -0.134. The van der Waals surface area contributed by atoms with Gasteiger partial charge < -0.3 is 15.5 Å². The number of fused-ring (bicyclic) bond motifs is 1. The van der Waals surface area contributed by atoms with Crippen LogP contribution in [0.5, 0.6) is 0 Å². The maximum absolute atomic E-state index is 9.55. The fourth-order valence-electron chi connectivity index (χ4n) is 3.05. The normalized spacial score (nSPS) is 21.5. The van der Waals surface area contributed by atoms with Crippen LogP contribution in [0.2, 0.25) is 0 Å². The van der Waals surface area contributed by atoms with E-state index in [4.69, 9.17) is 10.2 Å². The molecule has 0 spiro atoms. The predicted molar refractivity (Wildman–Crippen MR) is 91.3 cm³/mol. The molecule has 0 bridgehead atoms. The molecule has 24 heavy (non-hydrogen) atoms. The third-order valence-corrected chi connectivity index (χ3v) is 4.16. The average Bonchev–Trinajstić information content (AvgIpc) is 3.06. The van der Waals surface area contributed by atoms with Crippen molar-refractivity contribution < 1.29 is 19.8 Å². The predicted octanol–water partition coefficient (Wildman–Crippen LogP) is 1.89. The van der Waals surface area contributed by atoms with E-state index in [0.717, 1.165) is 12.5 Å². The number of nitrogens with one attached hydrogen (secondary N) is 1. The molecule has 1 heterocycles. The van der Waals surface area contributed by atoms with Gasteiger partial charge in [0.2, 0.25) is 0 Å². The van der Waals surface area contributed by atoms with Crippen LogP contribution in [0.1, 0.15) is 24.0 Å². The molecule has 0 saturated carbocycles. The Kier molecular flexibility index (Phi) is 6.54. The smallest absolute Gasteiger partial charge is 0.328 e. The molecule has 3 N–H and O–H groups in total. The molecule has 0 amide bonds. The zero-order valence-electron chi connectivity index (χ0n) is 13.4. The van der Waals surface area contributed by atoms with Gasteiger partial charge in [-0.1, -0.05) is 24.3 Å². The monoisotopic (exact) mass is 330 g/mol. The molecule has 1 aliphatic carbocycles.